The van der Waals surface area contributed by atoms with Gasteiger partial charge < -0.3 is 9.47 Å². The van der Waals surface area contributed by atoms with Crippen molar-refractivity contribution in [3.05, 3.63) is 23.8 Å². The molecule has 1 aromatic carbocycles. The molecule has 3 nitrogen and oxygen atoms in total. The number of ether oxygens (including phenoxy) is 2. The Morgan fingerprint density at radius 2 is 1.71 bits per heavy atom. The lowest BCUT2D eigenvalue weighted by Gasteiger charge is -2.09. The summed E-state index contributed by atoms with van der Waals surface area (Å²) in [5.41, 5.74) is 0.430. The Hall–Kier alpha value is -1.36. The van der Waals surface area contributed by atoms with Crippen molar-refractivity contribution in [3.8, 4) is 11.5 Å². The predicted molar refractivity (Wildman–Crippen MR) is 44.0 cm³/mol. The average molecular weight is 203 g/mol. The Kier molecular flexibility index (Phi) is 4.12. The van der Waals surface area contributed by atoms with Gasteiger partial charge in [0.25, 0.3) is 0 Å². The van der Waals surface area contributed by atoms with E-state index in [0.717, 1.165) is 0 Å². The molecule has 0 aromatic heterocycles. The number of hydrogen-bond acceptors (Lipinski definition) is 2. The molecule has 1 aromatic rings. The van der Waals surface area contributed by atoms with Gasteiger partial charge in [-0.15, -0.1) is 0 Å². The highest BCUT2D eigenvalue weighted by Gasteiger charge is 2.06. The van der Waals surface area contributed by atoms with Crippen LogP contribution >= 0.6 is 0 Å². The average Bonchev–Trinajstić information content (AvgIpc) is 2.21. The molecule has 14 heavy (non-hydrogen) atoms. The van der Waals surface area contributed by atoms with Crippen molar-refractivity contribution in [2.45, 2.75) is 6.61 Å². The van der Waals surface area contributed by atoms with Gasteiger partial charge in [0.15, 0.2) is 11.5 Å². The lowest BCUT2D eigenvalue weighted by Crippen LogP contribution is -1.98. The van der Waals surface area contributed by atoms with Crippen LogP contribution in [0.25, 0.3) is 0 Å². The number of benzene rings is 1. The third-order valence-electron chi connectivity index (χ3n) is 1.59. The second-order valence-corrected chi connectivity index (χ2v) is 2.43. The molecule has 77 valence electrons. The molecule has 0 aliphatic carbocycles. The van der Waals surface area contributed by atoms with Crippen LogP contribution in [-0.4, -0.2) is 13.7 Å². The van der Waals surface area contributed by atoms with E-state index in [-0.39, 0.29) is 11.5 Å². The van der Waals surface area contributed by atoms with Gasteiger partial charge in [-0.1, -0.05) is 6.07 Å². The van der Waals surface area contributed by atoms with Crippen LogP contribution in [-0.2, 0) is 11.7 Å². The van der Waals surface area contributed by atoms with E-state index in [4.69, 9.17) is 0 Å². The fourth-order valence-corrected chi connectivity index (χ4v) is 0.992. The van der Waals surface area contributed by atoms with E-state index < -0.39 is 20.3 Å². The van der Waals surface area contributed by atoms with Gasteiger partial charge in [-0.2, -0.15) is 0 Å². The highest BCUT2D eigenvalue weighted by molar-refractivity contribution is 5.42. The zero-order chi connectivity index (χ0) is 10.4. The molecule has 0 fully saturated rings. The topological polar surface area (TPSA) is 38.4 Å². The minimum Gasteiger partial charge on any atom is -0.459 e. The van der Waals surface area contributed by atoms with Gasteiger partial charge in [0.2, 0.25) is 13.7 Å². The van der Waals surface area contributed by atoms with Crippen LogP contribution in [0.4, 0.5) is 8.78 Å². The third kappa shape index (κ3) is 2.56. The summed E-state index contributed by atoms with van der Waals surface area (Å²) in [5, 5.41) is 10.5. The molecule has 0 N–H and O–H groups in total. The van der Waals surface area contributed by atoms with E-state index in [1.807, 2.05) is 0 Å². The molecule has 0 bridgehead atoms. The normalized spacial score (nSPS) is 9.93. The minimum atomic E-state index is -1.05. The summed E-state index contributed by atoms with van der Waals surface area (Å²) < 4.78 is 32.8. The molecule has 0 amide bonds. The standard InChI is InChI=1S/C9H9F2O3/c10-5-13-8-2-1-7(4-12)3-9(8)14-6-11/h1-3H,4-6H2. The molecule has 0 aliphatic rings. The van der Waals surface area contributed by atoms with Crippen molar-refractivity contribution in [1.29, 1.82) is 0 Å². The highest BCUT2D eigenvalue weighted by Crippen LogP contribution is 2.28. The quantitative estimate of drug-likeness (QED) is 0.735. The van der Waals surface area contributed by atoms with E-state index in [9.17, 15) is 13.9 Å². The first-order chi connectivity index (χ1) is 6.81. The maximum absolute atomic E-state index is 11.9. The first-order valence-electron chi connectivity index (χ1n) is 3.90. The van der Waals surface area contributed by atoms with Crippen LogP contribution < -0.4 is 9.47 Å². The van der Waals surface area contributed by atoms with Crippen LogP contribution in [0.15, 0.2) is 18.2 Å². The van der Waals surface area contributed by atoms with Crippen LogP contribution in [0.2, 0.25) is 0 Å². The van der Waals surface area contributed by atoms with Crippen molar-refractivity contribution in [1.82, 2.24) is 0 Å². The SMILES string of the molecule is [O]Cc1ccc(OCF)c(OCF)c1. The van der Waals surface area contributed by atoms with Crippen molar-refractivity contribution >= 4 is 0 Å². The minimum absolute atomic E-state index is 0.0403. The van der Waals surface area contributed by atoms with E-state index in [1.165, 1.54) is 18.2 Å². The van der Waals surface area contributed by atoms with Crippen molar-refractivity contribution in [2.24, 2.45) is 0 Å². The van der Waals surface area contributed by atoms with Gasteiger partial charge >= 0.3 is 0 Å². The fraction of sp³-hybridized carbons (Fsp3) is 0.333. The van der Waals surface area contributed by atoms with Crippen LogP contribution in [0.1, 0.15) is 5.56 Å². The third-order valence-corrected chi connectivity index (χ3v) is 1.59. The lowest BCUT2D eigenvalue weighted by molar-refractivity contribution is 0.155. The number of alkyl halides is 2. The zero-order valence-electron chi connectivity index (χ0n) is 7.33. The highest BCUT2D eigenvalue weighted by atomic mass is 19.1. The van der Waals surface area contributed by atoms with Crippen molar-refractivity contribution in [3.63, 3.8) is 0 Å². The van der Waals surface area contributed by atoms with Crippen molar-refractivity contribution in [2.75, 3.05) is 13.7 Å². The second kappa shape index (κ2) is 5.39. The van der Waals surface area contributed by atoms with Gasteiger partial charge in [0.05, 0.1) is 0 Å². The maximum Gasteiger partial charge on any atom is 0.228 e. The van der Waals surface area contributed by atoms with Gasteiger partial charge in [-0.05, 0) is 17.7 Å². The molecule has 0 atom stereocenters. The summed E-state index contributed by atoms with van der Waals surface area (Å²) >= 11 is 0. The Balaban J connectivity index is 2.91. The second-order valence-electron chi connectivity index (χ2n) is 2.43. The van der Waals surface area contributed by atoms with Crippen LogP contribution in [0.5, 0.6) is 11.5 Å². The summed E-state index contributed by atoms with van der Waals surface area (Å²) in [6.45, 7) is -2.52. The Morgan fingerprint density at radius 1 is 1.07 bits per heavy atom. The molecule has 1 rings (SSSR count). The molecule has 0 spiro atoms. The lowest BCUT2D eigenvalue weighted by atomic mass is 10.2. The summed E-state index contributed by atoms with van der Waals surface area (Å²) in [6.07, 6.45) is 0. The Labute approximate surface area is 79.9 Å². The first-order valence-corrected chi connectivity index (χ1v) is 3.90. The molecule has 0 heterocycles. The maximum atomic E-state index is 11.9. The van der Waals surface area contributed by atoms with Gasteiger partial charge in [-0.25, -0.2) is 13.9 Å². The van der Waals surface area contributed by atoms with Crippen LogP contribution in [0.3, 0.4) is 0 Å². The first kappa shape index (κ1) is 10.7. The van der Waals surface area contributed by atoms with Crippen LogP contribution in [0, 0.1) is 0 Å². The van der Waals surface area contributed by atoms with E-state index in [2.05, 4.69) is 9.47 Å². The predicted octanol–water partition coefficient (Wildman–Crippen LogP) is 2.23. The Bertz CT molecular complexity index is 291. The summed E-state index contributed by atoms with van der Waals surface area (Å²) in [7, 11) is 0. The number of rotatable bonds is 5. The molecule has 0 saturated heterocycles. The Morgan fingerprint density at radius 3 is 2.29 bits per heavy atom. The van der Waals surface area contributed by atoms with Crippen molar-refractivity contribution < 1.29 is 23.4 Å². The molecule has 0 unspecified atom stereocenters. The number of hydrogen-bond donors (Lipinski definition) is 0. The molecule has 0 aliphatic heterocycles. The molecule has 5 heteroatoms. The fourth-order valence-electron chi connectivity index (χ4n) is 0.992. The molecule has 0 saturated carbocycles. The van der Waals surface area contributed by atoms with E-state index in [0.29, 0.717) is 5.56 Å². The summed E-state index contributed by atoms with van der Waals surface area (Å²) in [6, 6.07) is 4.18. The largest absolute Gasteiger partial charge is 0.459 e. The summed E-state index contributed by atoms with van der Waals surface area (Å²) in [5.74, 6) is 0.126. The molecular formula is C9H9F2O3. The van der Waals surface area contributed by atoms with E-state index >= 15 is 0 Å². The molecular weight excluding hydrogens is 194 g/mol. The number of halogens is 2. The van der Waals surface area contributed by atoms with E-state index in [1.54, 1.807) is 0 Å². The monoisotopic (exact) mass is 203 g/mol. The smallest absolute Gasteiger partial charge is 0.228 e. The van der Waals surface area contributed by atoms with Gasteiger partial charge in [0, 0.05) is 0 Å². The molecule has 1 radical (unpaired) electrons. The zero-order valence-corrected chi connectivity index (χ0v) is 7.33. The van der Waals surface area contributed by atoms with Gasteiger partial charge in [-0.3, -0.25) is 0 Å². The van der Waals surface area contributed by atoms with Gasteiger partial charge in [0.1, 0.15) is 6.61 Å². The summed E-state index contributed by atoms with van der Waals surface area (Å²) in [4.78, 5) is 0.